The molecule has 2 unspecified atom stereocenters. The molecule has 0 radical (unpaired) electrons. The van der Waals surface area contributed by atoms with Crippen LogP contribution in [0, 0.1) is 11.8 Å². The Labute approximate surface area is 111 Å². The number of rotatable bonds is 6. The number of aliphatic hydroxyl groups is 1. The summed E-state index contributed by atoms with van der Waals surface area (Å²) >= 11 is 0. The maximum atomic E-state index is 9.56. The van der Waals surface area contributed by atoms with Crippen molar-refractivity contribution in [3.8, 4) is 0 Å². The van der Waals surface area contributed by atoms with Gasteiger partial charge in [-0.15, -0.1) is 0 Å². The van der Waals surface area contributed by atoms with E-state index in [0.29, 0.717) is 11.8 Å². The van der Waals surface area contributed by atoms with Crippen LogP contribution in [0.15, 0.2) is 24.3 Å². The van der Waals surface area contributed by atoms with E-state index < -0.39 is 0 Å². The molecule has 2 atom stereocenters. The van der Waals surface area contributed by atoms with Crippen molar-refractivity contribution in [2.45, 2.75) is 39.7 Å². The van der Waals surface area contributed by atoms with Gasteiger partial charge in [0.1, 0.15) is 0 Å². The van der Waals surface area contributed by atoms with E-state index in [2.05, 4.69) is 57.3 Å². The van der Waals surface area contributed by atoms with Gasteiger partial charge in [0, 0.05) is 18.6 Å². The molecule has 0 aromatic heterocycles. The Hall–Kier alpha value is -0.860. The van der Waals surface area contributed by atoms with Crippen molar-refractivity contribution in [2.24, 2.45) is 11.8 Å². The van der Waals surface area contributed by atoms with Crippen LogP contribution in [0.3, 0.4) is 0 Å². The Balaban J connectivity index is 2.94. The number of hydrogen-bond acceptors (Lipinski definition) is 2. The zero-order valence-corrected chi connectivity index (χ0v) is 12.3. The van der Waals surface area contributed by atoms with Crippen molar-refractivity contribution < 1.29 is 5.11 Å². The van der Waals surface area contributed by atoms with Crippen LogP contribution < -0.4 is 5.32 Å². The second kappa shape index (κ2) is 6.91. The van der Waals surface area contributed by atoms with Crippen LogP contribution in [0.25, 0.3) is 0 Å². The Morgan fingerprint density at radius 2 is 1.50 bits per heavy atom. The second-order valence-corrected chi connectivity index (χ2v) is 5.68. The fourth-order valence-corrected chi connectivity index (χ4v) is 2.42. The Morgan fingerprint density at radius 3 is 1.83 bits per heavy atom. The maximum absolute atomic E-state index is 9.56. The van der Waals surface area contributed by atoms with Crippen LogP contribution in [0.1, 0.15) is 50.8 Å². The molecule has 0 bridgehead atoms. The van der Waals surface area contributed by atoms with E-state index >= 15 is 0 Å². The quantitative estimate of drug-likeness (QED) is 0.810. The summed E-state index contributed by atoms with van der Waals surface area (Å²) < 4.78 is 0. The molecule has 2 nitrogen and oxygen atoms in total. The molecule has 0 fully saturated rings. The van der Waals surface area contributed by atoms with Crippen molar-refractivity contribution in [1.82, 2.24) is 5.32 Å². The van der Waals surface area contributed by atoms with Gasteiger partial charge in [-0.3, -0.25) is 0 Å². The van der Waals surface area contributed by atoms with Crippen LogP contribution in [-0.2, 0) is 0 Å². The first-order valence-electron chi connectivity index (χ1n) is 6.89. The van der Waals surface area contributed by atoms with Gasteiger partial charge in [-0.05, 0) is 30.0 Å². The molecule has 0 aliphatic heterocycles. The zero-order valence-electron chi connectivity index (χ0n) is 12.3. The molecular formula is C16H27NO. The normalized spacial score (nSPS) is 15.1. The lowest BCUT2D eigenvalue weighted by molar-refractivity contribution is 0.154. The number of hydrogen-bond donors (Lipinski definition) is 2. The van der Waals surface area contributed by atoms with Crippen molar-refractivity contribution in [3.63, 3.8) is 0 Å². The van der Waals surface area contributed by atoms with E-state index in [1.807, 2.05) is 7.05 Å². The highest BCUT2D eigenvalue weighted by Crippen LogP contribution is 2.28. The number of nitrogens with one attached hydrogen (secondary N) is 1. The first-order valence-corrected chi connectivity index (χ1v) is 6.89. The lowest BCUT2D eigenvalue weighted by atomic mass is 9.84. The summed E-state index contributed by atoms with van der Waals surface area (Å²) in [5.41, 5.74) is 2.62. The van der Waals surface area contributed by atoms with Gasteiger partial charge in [-0.2, -0.15) is 0 Å². The van der Waals surface area contributed by atoms with Gasteiger partial charge < -0.3 is 10.4 Å². The fourth-order valence-electron chi connectivity index (χ4n) is 2.42. The van der Waals surface area contributed by atoms with Crippen molar-refractivity contribution >= 4 is 0 Å². The highest BCUT2D eigenvalue weighted by molar-refractivity contribution is 5.27. The van der Waals surface area contributed by atoms with Gasteiger partial charge in [0.05, 0.1) is 0 Å². The first kappa shape index (κ1) is 15.2. The average Bonchev–Trinajstić information content (AvgIpc) is 2.35. The standard InChI is InChI=1S/C16H27NO/c1-11(2)13-6-8-14(9-7-13)16(17-5)15(10-18)12(3)4/h6-9,11-12,15-18H,10H2,1-5H3. The SMILES string of the molecule is CNC(c1ccc(C(C)C)cc1)C(CO)C(C)C. The molecule has 1 aromatic rings. The van der Waals surface area contributed by atoms with Gasteiger partial charge in [0.25, 0.3) is 0 Å². The summed E-state index contributed by atoms with van der Waals surface area (Å²) in [5, 5.41) is 12.9. The minimum atomic E-state index is 0.217. The molecular weight excluding hydrogens is 222 g/mol. The summed E-state index contributed by atoms with van der Waals surface area (Å²) in [7, 11) is 1.96. The van der Waals surface area contributed by atoms with Gasteiger partial charge in [-0.25, -0.2) is 0 Å². The zero-order chi connectivity index (χ0) is 13.7. The summed E-state index contributed by atoms with van der Waals surface area (Å²) in [6, 6.07) is 8.97. The highest BCUT2D eigenvalue weighted by atomic mass is 16.3. The Morgan fingerprint density at radius 1 is 1.00 bits per heavy atom. The largest absolute Gasteiger partial charge is 0.396 e. The smallest absolute Gasteiger partial charge is 0.0479 e. The molecule has 102 valence electrons. The molecule has 18 heavy (non-hydrogen) atoms. The predicted octanol–water partition coefficient (Wildman–Crippen LogP) is 3.34. The summed E-state index contributed by atoms with van der Waals surface area (Å²) in [6.45, 7) is 8.95. The number of aliphatic hydroxyl groups excluding tert-OH is 1. The summed E-state index contributed by atoms with van der Waals surface area (Å²) in [4.78, 5) is 0. The van der Waals surface area contributed by atoms with E-state index in [0.717, 1.165) is 0 Å². The third-order valence-corrected chi connectivity index (χ3v) is 3.77. The van der Waals surface area contributed by atoms with Crippen LogP contribution in [-0.4, -0.2) is 18.8 Å². The average molecular weight is 249 g/mol. The lowest BCUT2D eigenvalue weighted by Gasteiger charge is -2.29. The molecule has 0 saturated heterocycles. The van der Waals surface area contributed by atoms with Crippen molar-refractivity contribution in [2.75, 3.05) is 13.7 Å². The van der Waals surface area contributed by atoms with Gasteiger partial charge in [-0.1, -0.05) is 52.0 Å². The van der Waals surface area contributed by atoms with Gasteiger partial charge >= 0.3 is 0 Å². The molecule has 0 amide bonds. The van der Waals surface area contributed by atoms with Crippen molar-refractivity contribution in [3.05, 3.63) is 35.4 Å². The molecule has 0 aliphatic carbocycles. The minimum absolute atomic E-state index is 0.217. The van der Waals surface area contributed by atoms with E-state index in [9.17, 15) is 5.11 Å². The molecule has 0 aliphatic rings. The van der Waals surface area contributed by atoms with Gasteiger partial charge in [0.2, 0.25) is 0 Å². The van der Waals surface area contributed by atoms with Crippen LogP contribution >= 0.6 is 0 Å². The lowest BCUT2D eigenvalue weighted by Crippen LogP contribution is -2.31. The first-order chi connectivity index (χ1) is 8.51. The minimum Gasteiger partial charge on any atom is -0.396 e. The van der Waals surface area contributed by atoms with Gasteiger partial charge in [0.15, 0.2) is 0 Å². The summed E-state index contributed by atoms with van der Waals surface area (Å²) in [5.74, 6) is 1.27. The molecule has 1 aromatic carbocycles. The van der Waals surface area contributed by atoms with E-state index in [4.69, 9.17) is 0 Å². The van der Waals surface area contributed by atoms with E-state index in [1.165, 1.54) is 11.1 Å². The molecule has 0 saturated carbocycles. The van der Waals surface area contributed by atoms with E-state index in [1.54, 1.807) is 0 Å². The topological polar surface area (TPSA) is 32.3 Å². The van der Waals surface area contributed by atoms with Crippen LogP contribution in [0.2, 0.25) is 0 Å². The molecule has 2 heteroatoms. The third kappa shape index (κ3) is 3.56. The predicted molar refractivity (Wildman–Crippen MR) is 77.7 cm³/mol. The Kier molecular flexibility index (Phi) is 5.83. The molecule has 0 spiro atoms. The molecule has 0 heterocycles. The molecule has 2 N–H and O–H groups in total. The van der Waals surface area contributed by atoms with E-state index in [-0.39, 0.29) is 18.6 Å². The van der Waals surface area contributed by atoms with Crippen LogP contribution in [0.4, 0.5) is 0 Å². The maximum Gasteiger partial charge on any atom is 0.0479 e. The molecule has 1 rings (SSSR count). The Bertz CT molecular complexity index is 343. The number of benzene rings is 1. The third-order valence-electron chi connectivity index (χ3n) is 3.77. The van der Waals surface area contributed by atoms with Crippen molar-refractivity contribution in [1.29, 1.82) is 0 Å². The fraction of sp³-hybridized carbons (Fsp3) is 0.625. The van der Waals surface area contributed by atoms with Crippen LogP contribution in [0.5, 0.6) is 0 Å². The monoisotopic (exact) mass is 249 g/mol. The highest BCUT2D eigenvalue weighted by Gasteiger charge is 2.23. The summed E-state index contributed by atoms with van der Waals surface area (Å²) in [6.07, 6.45) is 0. The second-order valence-electron chi connectivity index (χ2n) is 5.68.